The Labute approximate surface area is 221 Å². The third-order valence-corrected chi connectivity index (χ3v) is 6.42. The van der Waals surface area contributed by atoms with Crippen LogP contribution >= 0.6 is 11.3 Å². The molecule has 2 aromatic carbocycles. The molecule has 14 heteroatoms. The molecular weight excluding hydrogens is 547 g/mol. The number of thiophene rings is 1. The minimum Gasteiger partial charge on any atom is -0.494 e. The highest BCUT2D eigenvalue weighted by molar-refractivity contribution is 7.19. The van der Waals surface area contributed by atoms with Crippen LogP contribution < -0.4 is 26.4 Å². The zero-order valence-electron chi connectivity index (χ0n) is 20.0. The molecule has 8 nitrogen and oxygen atoms in total. The van der Waals surface area contributed by atoms with Gasteiger partial charge >= 0.3 is 0 Å². The molecule has 0 aliphatic rings. The standard InChI is InChI=1S/C25H19F5N4O4S/c1-2-37-12-7-5-11(6-8-12)33-23(35)14-20(31)22(39-25(14)32-10-13-4-3-9-38-13)24(36)34-21-18(29)16(27)15(26)17(28)19(21)30/h3-9,32H,2,10,31H2,1H3,(H,33,35)(H,34,36). The predicted octanol–water partition coefficient (Wildman–Crippen LogP) is 6.13. The first-order valence-corrected chi connectivity index (χ1v) is 12.0. The minimum absolute atomic E-state index is 0.0645. The molecule has 2 aromatic heterocycles. The topological polar surface area (TPSA) is 119 Å². The van der Waals surface area contributed by atoms with Crippen LogP contribution in [-0.2, 0) is 6.54 Å². The Morgan fingerprint density at radius 2 is 1.56 bits per heavy atom. The van der Waals surface area contributed by atoms with E-state index in [4.69, 9.17) is 14.9 Å². The Hall–Kier alpha value is -4.59. The van der Waals surface area contributed by atoms with Gasteiger partial charge in [-0.25, -0.2) is 22.0 Å². The number of carbonyl (C=O) groups is 2. The van der Waals surface area contributed by atoms with Crippen LogP contribution in [0.1, 0.15) is 32.7 Å². The molecular formula is C25H19F5N4O4S. The van der Waals surface area contributed by atoms with E-state index in [9.17, 15) is 31.5 Å². The smallest absolute Gasteiger partial charge is 0.268 e. The Morgan fingerprint density at radius 1 is 0.923 bits per heavy atom. The van der Waals surface area contributed by atoms with Crippen molar-refractivity contribution < 1.29 is 40.7 Å². The van der Waals surface area contributed by atoms with Crippen LogP contribution in [0.2, 0.25) is 0 Å². The second kappa shape index (κ2) is 11.4. The zero-order valence-corrected chi connectivity index (χ0v) is 20.8. The molecule has 0 bridgehead atoms. The second-order valence-electron chi connectivity index (χ2n) is 7.79. The minimum atomic E-state index is -2.38. The van der Waals surface area contributed by atoms with Gasteiger partial charge in [-0.1, -0.05) is 0 Å². The van der Waals surface area contributed by atoms with Crippen molar-refractivity contribution in [1.29, 1.82) is 0 Å². The van der Waals surface area contributed by atoms with Crippen LogP contribution in [0.25, 0.3) is 0 Å². The van der Waals surface area contributed by atoms with Gasteiger partial charge in [-0.3, -0.25) is 9.59 Å². The fourth-order valence-corrected chi connectivity index (χ4v) is 4.43. The summed E-state index contributed by atoms with van der Waals surface area (Å²) in [6, 6.07) is 9.64. The van der Waals surface area contributed by atoms with Crippen molar-refractivity contribution in [2.45, 2.75) is 13.5 Å². The normalized spacial score (nSPS) is 10.8. The van der Waals surface area contributed by atoms with Crippen molar-refractivity contribution in [2.24, 2.45) is 0 Å². The first-order valence-electron chi connectivity index (χ1n) is 11.2. The van der Waals surface area contributed by atoms with Gasteiger partial charge in [-0.05, 0) is 43.3 Å². The van der Waals surface area contributed by atoms with Gasteiger partial charge in [0.2, 0.25) is 5.82 Å². The zero-order chi connectivity index (χ0) is 28.3. The number of furan rings is 1. The van der Waals surface area contributed by atoms with Crippen LogP contribution in [0, 0.1) is 29.1 Å². The van der Waals surface area contributed by atoms with E-state index >= 15 is 0 Å². The predicted molar refractivity (Wildman–Crippen MR) is 135 cm³/mol. The number of hydrogen-bond donors (Lipinski definition) is 4. The lowest BCUT2D eigenvalue weighted by molar-refractivity contribution is 0.102. The summed E-state index contributed by atoms with van der Waals surface area (Å²) in [6.07, 6.45) is 1.42. The van der Waals surface area contributed by atoms with Crippen molar-refractivity contribution in [3.63, 3.8) is 0 Å². The lowest BCUT2D eigenvalue weighted by Gasteiger charge is -2.10. The Morgan fingerprint density at radius 3 is 2.15 bits per heavy atom. The molecule has 4 aromatic rings. The largest absolute Gasteiger partial charge is 0.494 e. The van der Waals surface area contributed by atoms with Crippen molar-refractivity contribution in [2.75, 3.05) is 28.3 Å². The summed E-state index contributed by atoms with van der Waals surface area (Å²) in [5.41, 5.74) is 4.31. The lowest BCUT2D eigenvalue weighted by atomic mass is 10.2. The summed E-state index contributed by atoms with van der Waals surface area (Å²) < 4.78 is 79.4. The molecule has 2 heterocycles. The molecule has 0 unspecified atom stereocenters. The second-order valence-corrected chi connectivity index (χ2v) is 8.81. The molecule has 0 saturated heterocycles. The van der Waals surface area contributed by atoms with Gasteiger partial charge in [0.25, 0.3) is 11.8 Å². The maximum Gasteiger partial charge on any atom is 0.268 e. The molecule has 204 valence electrons. The van der Waals surface area contributed by atoms with E-state index < -0.39 is 57.2 Å². The van der Waals surface area contributed by atoms with E-state index in [1.54, 1.807) is 41.7 Å². The average Bonchev–Trinajstić information content (AvgIpc) is 3.56. The molecule has 39 heavy (non-hydrogen) atoms. The van der Waals surface area contributed by atoms with Crippen molar-refractivity contribution in [1.82, 2.24) is 0 Å². The van der Waals surface area contributed by atoms with Gasteiger partial charge in [0.05, 0.1) is 30.7 Å². The summed E-state index contributed by atoms with van der Waals surface area (Å²) in [4.78, 5) is 25.6. The third-order valence-electron chi connectivity index (χ3n) is 5.25. The summed E-state index contributed by atoms with van der Waals surface area (Å²) in [6.45, 7) is 2.32. The summed E-state index contributed by atoms with van der Waals surface area (Å²) in [5, 5.41) is 7.27. The number of hydrogen-bond acceptors (Lipinski definition) is 7. The first-order chi connectivity index (χ1) is 18.6. The Kier molecular flexibility index (Phi) is 8.04. The number of carbonyl (C=O) groups excluding carboxylic acids is 2. The van der Waals surface area contributed by atoms with Crippen LogP contribution in [0.3, 0.4) is 0 Å². The number of nitrogen functional groups attached to an aromatic ring is 1. The van der Waals surface area contributed by atoms with Gasteiger partial charge in [-0.15, -0.1) is 11.3 Å². The molecule has 5 N–H and O–H groups in total. The van der Waals surface area contributed by atoms with Crippen molar-refractivity contribution in [3.8, 4) is 5.75 Å². The fourth-order valence-electron chi connectivity index (χ4n) is 3.42. The SMILES string of the molecule is CCOc1ccc(NC(=O)c2c(NCc3ccco3)sc(C(=O)Nc3c(F)c(F)c(F)c(F)c3F)c2N)cc1. The molecule has 0 fully saturated rings. The van der Waals surface area contributed by atoms with Crippen LogP contribution in [0.5, 0.6) is 5.75 Å². The van der Waals surface area contributed by atoms with Gasteiger partial charge in [0.15, 0.2) is 23.3 Å². The van der Waals surface area contributed by atoms with Gasteiger partial charge in [-0.2, -0.15) is 0 Å². The lowest BCUT2D eigenvalue weighted by Crippen LogP contribution is -2.18. The van der Waals surface area contributed by atoms with E-state index in [1.807, 2.05) is 6.92 Å². The number of nitrogens with one attached hydrogen (secondary N) is 3. The summed E-state index contributed by atoms with van der Waals surface area (Å²) in [5.74, 6) is -12.3. The summed E-state index contributed by atoms with van der Waals surface area (Å²) >= 11 is 0.629. The number of benzene rings is 2. The Bertz CT molecular complexity index is 1500. The number of ether oxygens (including phenoxy) is 1. The molecule has 0 saturated carbocycles. The molecule has 0 radical (unpaired) electrons. The molecule has 0 spiro atoms. The summed E-state index contributed by atoms with van der Waals surface area (Å²) in [7, 11) is 0. The van der Waals surface area contributed by atoms with Crippen molar-refractivity contribution in [3.05, 3.63) is 87.9 Å². The first kappa shape index (κ1) is 27.4. The number of amides is 2. The average molecular weight is 567 g/mol. The molecule has 0 atom stereocenters. The number of anilines is 4. The quantitative estimate of drug-likeness (QED) is 0.110. The Balaban J connectivity index is 1.66. The number of halogens is 5. The monoisotopic (exact) mass is 566 g/mol. The van der Waals surface area contributed by atoms with Gasteiger partial charge < -0.3 is 30.8 Å². The van der Waals surface area contributed by atoms with Crippen LogP contribution in [0.4, 0.5) is 44.0 Å². The highest BCUT2D eigenvalue weighted by Crippen LogP contribution is 2.38. The van der Waals surface area contributed by atoms with E-state index in [1.165, 1.54) is 6.26 Å². The van der Waals surface area contributed by atoms with E-state index in [2.05, 4.69) is 10.6 Å². The maximum absolute atomic E-state index is 14.1. The molecule has 2 amide bonds. The molecule has 0 aliphatic heterocycles. The van der Waals surface area contributed by atoms with E-state index in [0.717, 1.165) is 0 Å². The molecule has 4 rings (SSSR count). The highest BCUT2D eigenvalue weighted by Gasteiger charge is 2.30. The van der Waals surface area contributed by atoms with Crippen LogP contribution in [-0.4, -0.2) is 18.4 Å². The number of nitrogens with two attached hydrogens (primary N) is 1. The van der Waals surface area contributed by atoms with E-state index in [0.29, 0.717) is 35.1 Å². The maximum atomic E-state index is 14.1. The fraction of sp³-hybridized carbons (Fsp3) is 0.120. The van der Waals surface area contributed by atoms with Gasteiger partial charge in [0, 0.05) is 5.69 Å². The third kappa shape index (κ3) is 5.65. The highest BCUT2D eigenvalue weighted by atomic mass is 32.1. The molecule has 0 aliphatic carbocycles. The van der Waals surface area contributed by atoms with Gasteiger partial charge in [0.1, 0.15) is 27.1 Å². The van der Waals surface area contributed by atoms with E-state index in [-0.39, 0.29) is 17.1 Å². The van der Waals surface area contributed by atoms with Crippen LogP contribution in [0.15, 0.2) is 47.1 Å². The number of rotatable bonds is 9. The van der Waals surface area contributed by atoms with Crippen molar-refractivity contribution >= 4 is 45.2 Å².